The number of pyridine rings is 1. The highest BCUT2D eigenvalue weighted by molar-refractivity contribution is 7.08. The van der Waals surface area contributed by atoms with E-state index in [1.807, 2.05) is 45.0 Å². The summed E-state index contributed by atoms with van der Waals surface area (Å²) in [6.07, 6.45) is 3.46. The van der Waals surface area contributed by atoms with Crippen LogP contribution >= 0.6 is 11.5 Å². The van der Waals surface area contributed by atoms with E-state index in [4.69, 9.17) is 0 Å². The lowest BCUT2D eigenvalue weighted by atomic mass is 9.89. The van der Waals surface area contributed by atoms with Gasteiger partial charge in [0.2, 0.25) is 5.78 Å². The molecule has 0 aliphatic carbocycles. The van der Waals surface area contributed by atoms with Gasteiger partial charge in [-0.25, -0.2) is 0 Å². The van der Waals surface area contributed by atoms with Crippen LogP contribution in [0.2, 0.25) is 0 Å². The number of ketones is 1. The number of rotatable bonds is 2. The molecular formula is C16H15N3OS. The van der Waals surface area contributed by atoms with E-state index in [9.17, 15) is 4.79 Å². The molecule has 5 heteroatoms. The minimum atomic E-state index is -0.208. The standard InChI is InChI=1S/C16H15N3OS/c1-16(2,3)15-14(21-19-18-15)13(20)11-6-4-5-10-7-8-17-9-12(10)11/h4-9H,1-3H3. The van der Waals surface area contributed by atoms with Crippen molar-refractivity contribution in [2.75, 3.05) is 0 Å². The van der Waals surface area contributed by atoms with Crippen LogP contribution in [0.1, 0.15) is 41.7 Å². The van der Waals surface area contributed by atoms with Crippen LogP contribution in [0.3, 0.4) is 0 Å². The zero-order chi connectivity index (χ0) is 15.0. The summed E-state index contributed by atoms with van der Waals surface area (Å²) >= 11 is 1.16. The molecule has 3 aromatic rings. The van der Waals surface area contributed by atoms with Gasteiger partial charge in [0.25, 0.3) is 0 Å². The summed E-state index contributed by atoms with van der Waals surface area (Å²) in [6, 6.07) is 7.60. The first kappa shape index (κ1) is 13.8. The summed E-state index contributed by atoms with van der Waals surface area (Å²) < 4.78 is 3.97. The quantitative estimate of drug-likeness (QED) is 0.678. The molecule has 2 aromatic heterocycles. The largest absolute Gasteiger partial charge is 0.288 e. The van der Waals surface area contributed by atoms with Crippen molar-refractivity contribution in [1.29, 1.82) is 0 Å². The van der Waals surface area contributed by atoms with E-state index < -0.39 is 0 Å². The van der Waals surface area contributed by atoms with Crippen LogP contribution in [0, 0.1) is 0 Å². The molecule has 0 bridgehead atoms. The Bertz CT molecular complexity index is 812. The Balaban J connectivity index is 2.16. The Morgan fingerprint density at radius 3 is 2.76 bits per heavy atom. The Hall–Kier alpha value is -2.14. The molecule has 0 aliphatic heterocycles. The maximum absolute atomic E-state index is 12.9. The molecule has 0 radical (unpaired) electrons. The summed E-state index contributed by atoms with van der Waals surface area (Å²) in [5.41, 5.74) is 1.19. The minimum absolute atomic E-state index is 0.0338. The topological polar surface area (TPSA) is 55.7 Å². The molecule has 0 saturated heterocycles. The van der Waals surface area contributed by atoms with Gasteiger partial charge in [0.1, 0.15) is 4.88 Å². The van der Waals surface area contributed by atoms with Gasteiger partial charge in [-0.3, -0.25) is 9.78 Å². The normalized spacial score (nSPS) is 11.8. The first-order valence-corrected chi connectivity index (χ1v) is 7.46. The summed E-state index contributed by atoms with van der Waals surface area (Å²) in [5, 5.41) is 6.01. The molecular weight excluding hydrogens is 282 g/mol. The number of hydrogen-bond donors (Lipinski definition) is 0. The van der Waals surface area contributed by atoms with E-state index in [1.165, 1.54) is 0 Å². The van der Waals surface area contributed by atoms with Crippen LogP contribution < -0.4 is 0 Å². The average Bonchev–Trinajstić information content (AvgIpc) is 2.95. The molecule has 0 atom stereocenters. The monoisotopic (exact) mass is 297 g/mol. The molecule has 106 valence electrons. The van der Waals surface area contributed by atoms with Gasteiger partial charge in [-0.2, -0.15) is 0 Å². The second kappa shape index (κ2) is 5.00. The lowest BCUT2D eigenvalue weighted by Gasteiger charge is -2.16. The van der Waals surface area contributed by atoms with Gasteiger partial charge >= 0.3 is 0 Å². The molecule has 0 unspecified atom stereocenters. The predicted octanol–water partition coefficient (Wildman–Crippen LogP) is 3.61. The third-order valence-corrected chi connectivity index (χ3v) is 4.06. The number of nitrogens with zero attached hydrogens (tertiary/aromatic N) is 3. The Labute approximate surface area is 127 Å². The van der Waals surface area contributed by atoms with Crippen LogP contribution in [-0.2, 0) is 5.41 Å². The van der Waals surface area contributed by atoms with Crippen molar-refractivity contribution in [3.05, 3.63) is 52.8 Å². The highest BCUT2D eigenvalue weighted by Crippen LogP contribution is 2.29. The number of hydrogen-bond acceptors (Lipinski definition) is 5. The number of fused-ring (bicyclic) bond motifs is 1. The van der Waals surface area contributed by atoms with Gasteiger partial charge in [0.05, 0.1) is 5.69 Å². The Kier molecular flexibility index (Phi) is 3.29. The first-order chi connectivity index (χ1) is 9.98. The Morgan fingerprint density at radius 1 is 1.19 bits per heavy atom. The third-order valence-electron chi connectivity index (χ3n) is 3.33. The van der Waals surface area contributed by atoms with Crippen molar-refractivity contribution in [3.8, 4) is 0 Å². The van der Waals surface area contributed by atoms with Gasteiger partial charge in [0, 0.05) is 28.8 Å². The van der Waals surface area contributed by atoms with E-state index >= 15 is 0 Å². The van der Waals surface area contributed by atoms with Crippen molar-refractivity contribution >= 4 is 28.1 Å². The summed E-state index contributed by atoms with van der Waals surface area (Å²) in [7, 11) is 0. The molecule has 0 aliphatic rings. The molecule has 0 fully saturated rings. The molecule has 4 nitrogen and oxygen atoms in total. The van der Waals surface area contributed by atoms with Crippen molar-refractivity contribution < 1.29 is 4.79 Å². The highest BCUT2D eigenvalue weighted by Gasteiger charge is 2.27. The van der Waals surface area contributed by atoms with Gasteiger partial charge in [0.15, 0.2) is 0 Å². The molecule has 2 heterocycles. The lowest BCUT2D eigenvalue weighted by molar-refractivity contribution is 0.104. The average molecular weight is 297 g/mol. The first-order valence-electron chi connectivity index (χ1n) is 6.69. The van der Waals surface area contributed by atoms with Crippen LogP contribution in [0.15, 0.2) is 36.7 Å². The molecule has 21 heavy (non-hydrogen) atoms. The predicted molar refractivity (Wildman–Crippen MR) is 83.8 cm³/mol. The van der Waals surface area contributed by atoms with Crippen molar-refractivity contribution in [2.45, 2.75) is 26.2 Å². The van der Waals surface area contributed by atoms with Crippen LogP contribution in [0.25, 0.3) is 10.8 Å². The van der Waals surface area contributed by atoms with E-state index in [2.05, 4.69) is 14.6 Å². The van der Waals surface area contributed by atoms with Crippen molar-refractivity contribution in [1.82, 2.24) is 14.6 Å². The van der Waals surface area contributed by atoms with Gasteiger partial charge in [-0.1, -0.05) is 43.5 Å². The van der Waals surface area contributed by atoms with Crippen molar-refractivity contribution in [2.24, 2.45) is 0 Å². The molecule has 0 N–H and O–H groups in total. The minimum Gasteiger partial charge on any atom is -0.288 e. The maximum Gasteiger partial charge on any atom is 0.207 e. The second-order valence-electron chi connectivity index (χ2n) is 5.93. The van der Waals surface area contributed by atoms with E-state index in [1.54, 1.807) is 12.4 Å². The Morgan fingerprint density at radius 2 is 2.00 bits per heavy atom. The van der Waals surface area contributed by atoms with Crippen molar-refractivity contribution in [3.63, 3.8) is 0 Å². The fourth-order valence-corrected chi connectivity index (χ4v) is 3.09. The second-order valence-corrected chi connectivity index (χ2v) is 6.69. The third kappa shape index (κ3) is 2.45. The fraction of sp³-hybridized carbons (Fsp3) is 0.250. The molecule has 0 amide bonds. The zero-order valence-electron chi connectivity index (χ0n) is 12.1. The fourth-order valence-electron chi connectivity index (χ4n) is 2.26. The van der Waals surface area contributed by atoms with E-state index in [0.29, 0.717) is 10.4 Å². The number of aromatic nitrogens is 3. The maximum atomic E-state index is 12.9. The van der Waals surface area contributed by atoms with E-state index in [-0.39, 0.29) is 11.2 Å². The van der Waals surface area contributed by atoms with Crippen LogP contribution in [0.4, 0.5) is 0 Å². The number of carbonyl (C=O) groups excluding carboxylic acids is 1. The van der Waals surface area contributed by atoms with Gasteiger partial charge in [-0.15, -0.1) is 5.10 Å². The molecule has 1 aromatic carbocycles. The smallest absolute Gasteiger partial charge is 0.207 e. The van der Waals surface area contributed by atoms with Crippen LogP contribution in [0.5, 0.6) is 0 Å². The SMILES string of the molecule is CC(C)(C)c1nnsc1C(=O)c1cccc2ccncc12. The molecule has 0 saturated carbocycles. The highest BCUT2D eigenvalue weighted by atomic mass is 32.1. The lowest BCUT2D eigenvalue weighted by Crippen LogP contribution is -2.16. The number of benzene rings is 1. The summed E-state index contributed by atoms with van der Waals surface area (Å²) in [6.45, 7) is 6.10. The van der Waals surface area contributed by atoms with E-state index in [0.717, 1.165) is 28.0 Å². The molecule has 0 spiro atoms. The van der Waals surface area contributed by atoms with Crippen LogP contribution in [-0.4, -0.2) is 20.4 Å². The molecule has 3 rings (SSSR count). The van der Waals surface area contributed by atoms with Gasteiger partial charge < -0.3 is 0 Å². The van der Waals surface area contributed by atoms with Gasteiger partial charge in [-0.05, 0) is 23.0 Å². The summed E-state index contributed by atoms with van der Waals surface area (Å²) in [4.78, 5) is 17.6. The zero-order valence-corrected chi connectivity index (χ0v) is 12.9. The number of carbonyl (C=O) groups is 1. The summed E-state index contributed by atoms with van der Waals surface area (Å²) in [5.74, 6) is -0.0338.